The Labute approximate surface area is 236 Å². The molecule has 2 aromatic rings. The lowest BCUT2D eigenvalue weighted by atomic mass is 9.80. The van der Waals surface area contributed by atoms with Crippen LogP contribution in [0.25, 0.3) is 0 Å². The van der Waals surface area contributed by atoms with E-state index in [9.17, 15) is 37.6 Å². The van der Waals surface area contributed by atoms with Crippen molar-refractivity contribution < 1.29 is 37.6 Å². The molecule has 15 heteroatoms. The molecule has 0 aromatic heterocycles. The smallest absolute Gasteiger partial charge is 0.423 e. The van der Waals surface area contributed by atoms with Crippen LogP contribution >= 0.6 is 0 Å². The fraction of sp³-hybridized carbons (Fsp3) is 0.423. The first-order chi connectivity index (χ1) is 19.3. The maximum atomic E-state index is 13.1. The number of carbonyl (C=O) groups is 3. The van der Waals surface area contributed by atoms with E-state index in [1.807, 2.05) is 0 Å². The van der Waals surface area contributed by atoms with Crippen LogP contribution in [0.5, 0.6) is 0 Å². The Morgan fingerprint density at radius 1 is 0.902 bits per heavy atom. The minimum atomic E-state index is -4.53. The van der Waals surface area contributed by atoms with Gasteiger partial charge in [-0.15, -0.1) is 0 Å². The zero-order chi connectivity index (χ0) is 30.6. The number of carbonyl (C=O) groups excluding carboxylic acids is 3. The Hall–Kier alpha value is -3.50. The normalized spacial score (nSPS) is 12.8. The standard InChI is InChI=1S/C26H36BF3N6O5/c28-26(29,30)19-5-1-17(2-6-19)15-22(25(39)34-16-18-3-7-20(8-4-18)27(40)41)35-24(38)21(33)9-10-23(37)36(13-11-31)14-12-32/h1-8,21-22,40-41H,9-16,31-33H2,(H,34,39)(H,35,38)/t21-,22+/m0/s1. The highest BCUT2D eigenvalue weighted by atomic mass is 19.4. The summed E-state index contributed by atoms with van der Waals surface area (Å²) in [6.45, 7) is 1.12. The molecule has 41 heavy (non-hydrogen) atoms. The predicted octanol–water partition coefficient (Wildman–Crippen LogP) is -1.42. The van der Waals surface area contributed by atoms with Crippen LogP contribution < -0.4 is 33.3 Å². The molecule has 2 rings (SSSR count). The Morgan fingerprint density at radius 3 is 1.98 bits per heavy atom. The van der Waals surface area contributed by atoms with Crippen molar-refractivity contribution in [1.29, 1.82) is 0 Å². The summed E-state index contributed by atoms with van der Waals surface area (Å²) in [5.41, 5.74) is 17.4. The molecule has 0 saturated heterocycles. The number of alkyl halides is 3. The number of nitrogens with two attached hydrogens (primary N) is 3. The molecule has 3 amide bonds. The van der Waals surface area contributed by atoms with Crippen LogP contribution in [0.1, 0.15) is 29.5 Å². The van der Waals surface area contributed by atoms with Crippen molar-refractivity contribution in [3.8, 4) is 0 Å². The van der Waals surface area contributed by atoms with Gasteiger partial charge in [-0.05, 0) is 35.1 Å². The van der Waals surface area contributed by atoms with Crippen LogP contribution in [-0.4, -0.2) is 78.1 Å². The first-order valence-corrected chi connectivity index (χ1v) is 13.0. The van der Waals surface area contributed by atoms with E-state index >= 15 is 0 Å². The third-order valence-corrected chi connectivity index (χ3v) is 6.26. The number of hydrogen-bond donors (Lipinski definition) is 7. The summed E-state index contributed by atoms with van der Waals surface area (Å²) < 4.78 is 38.9. The molecule has 0 fully saturated rings. The third-order valence-electron chi connectivity index (χ3n) is 6.26. The highest BCUT2D eigenvalue weighted by Crippen LogP contribution is 2.29. The van der Waals surface area contributed by atoms with Crippen LogP contribution in [0.2, 0.25) is 0 Å². The van der Waals surface area contributed by atoms with Crippen molar-refractivity contribution >= 4 is 30.3 Å². The van der Waals surface area contributed by atoms with Gasteiger partial charge in [-0.25, -0.2) is 0 Å². The highest BCUT2D eigenvalue weighted by molar-refractivity contribution is 6.58. The molecule has 2 atom stereocenters. The monoisotopic (exact) mass is 580 g/mol. The van der Waals surface area contributed by atoms with E-state index in [-0.39, 0.29) is 50.3 Å². The summed E-state index contributed by atoms with van der Waals surface area (Å²) in [5.74, 6) is -1.61. The van der Waals surface area contributed by atoms with E-state index in [2.05, 4.69) is 10.6 Å². The van der Waals surface area contributed by atoms with Gasteiger partial charge in [0.05, 0.1) is 11.6 Å². The van der Waals surface area contributed by atoms with Crippen molar-refractivity contribution in [1.82, 2.24) is 15.5 Å². The minimum Gasteiger partial charge on any atom is -0.423 e. The highest BCUT2D eigenvalue weighted by Gasteiger charge is 2.30. The zero-order valence-corrected chi connectivity index (χ0v) is 22.4. The van der Waals surface area contributed by atoms with Gasteiger partial charge < -0.3 is 42.8 Å². The van der Waals surface area contributed by atoms with Crippen molar-refractivity contribution in [3.63, 3.8) is 0 Å². The number of nitrogens with zero attached hydrogens (tertiary/aromatic N) is 1. The van der Waals surface area contributed by atoms with E-state index in [0.717, 1.165) is 12.1 Å². The van der Waals surface area contributed by atoms with Gasteiger partial charge in [-0.3, -0.25) is 14.4 Å². The van der Waals surface area contributed by atoms with Crippen molar-refractivity contribution in [2.45, 2.75) is 44.1 Å². The van der Waals surface area contributed by atoms with Gasteiger partial charge in [-0.2, -0.15) is 13.2 Å². The molecule has 0 heterocycles. The molecule has 0 aliphatic carbocycles. The van der Waals surface area contributed by atoms with Crippen molar-refractivity contribution in [3.05, 3.63) is 65.2 Å². The van der Waals surface area contributed by atoms with Crippen LogP contribution in [0.4, 0.5) is 13.2 Å². The average Bonchev–Trinajstić information content (AvgIpc) is 2.93. The van der Waals surface area contributed by atoms with Crippen LogP contribution in [0.15, 0.2) is 48.5 Å². The van der Waals surface area contributed by atoms with Gasteiger partial charge in [0.1, 0.15) is 6.04 Å². The van der Waals surface area contributed by atoms with E-state index in [0.29, 0.717) is 24.2 Å². The predicted molar refractivity (Wildman–Crippen MR) is 147 cm³/mol. The average molecular weight is 580 g/mol. The Morgan fingerprint density at radius 2 is 1.46 bits per heavy atom. The summed E-state index contributed by atoms with van der Waals surface area (Å²) in [6, 6.07) is 7.96. The van der Waals surface area contributed by atoms with Gasteiger partial charge in [0, 0.05) is 45.6 Å². The number of nitrogens with one attached hydrogen (secondary N) is 2. The third kappa shape index (κ3) is 11.1. The molecule has 0 radical (unpaired) electrons. The fourth-order valence-corrected chi connectivity index (χ4v) is 3.91. The van der Waals surface area contributed by atoms with E-state index in [4.69, 9.17) is 17.2 Å². The lowest BCUT2D eigenvalue weighted by Crippen LogP contribution is -2.52. The number of rotatable bonds is 15. The van der Waals surface area contributed by atoms with E-state index in [1.54, 1.807) is 12.1 Å². The van der Waals surface area contributed by atoms with Crippen LogP contribution in [-0.2, 0) is 33.5 Å². The van der Waals surface area contributed by atoms with Gasteiger partial charge >= 0.3 is 13.3 Å². The zero-order valence-electron chi connectivity index (χ0n) is 22.4. The van der Waals surface area contributed by atoms with Gasteiger partial charge in [0.2, 0.25) is 17.7 Å². The van der Waals surface area contributed by atoms with Gasteiger partial charge in [-0.1, -0.05) is 36.4 Å². The minimum absolute atomic E-state index is 0.0199. The lowest BCUT2D eigenvalue weighted by Gasteiger charge is -2.23. The second-order valence-corrected chi connectivity index (χ2v) is 9.40. The molecule has 0 aliphatic heterocycles. The Kier molecular flexibility index (Phi) is 13.2. The molecule has 0 unspecified atom stereocenters. The molecule has 224 valence electrons. The summed E-state index contributed by atoms with van der Waals surface area (Å²) in [7, 11) is -1.65. The quantitative estimate of drug-likeness (QED) is 0.125. The Bertz CT molecular complexity index is 1130. The van der Waals surface area contributed by atoms with Crippen molar-refractivity contribution in [2.75, 3.05) is 26.2 Å². The molecular weight excluding hydrogens is 544 g/mol. The molecule has 0 aliphatic rings. The van der Waals surface area contributed by atoms with Gasteiger partial charge in [0.25, 0.3) is 0 Å². The topological polar surface area (TPSA) is 197 Å². The summed E-state index contributed by atoms with van der Waals surface area (Å²) in [5, 5.41) is 23.6. The van der Waals surface area contributed by atoms with E-state index < -0.39 is 42.8 Å². The second-order valence-electron chi connectivity index (χ2n) is 9.40. The SMILES string of the molecule is NCCN(CCN)C(=O)CC[C@H](N)C(=O)N[C@H](Cc1ccc(C(F)(F)F)cc1)C(=O)NCc1ccc(B(O)O)cc1. The Balaban J connectivity index is 2.10. The van der Waals surface area contributed by atoms with Crippen molar-refractivity contribution in [2.24, 2.45) is 17.2 Å². The molecule has 0 spiro atoms. The molecular formula is C26H36BF3N6O5. The number of halogens is 3. The number of amides is 3. The van der Waals surface area contributed by atoms with Gasteiger partial charge in [0.15, 0.2) is 0 Å². The molecule has 0 saturated carbocycles. The first kappa shape index (κ1) is 33.7. The molecule has 0 bridgehead atoms. The van der Waals surface area contributed by atoms with E-state index in [1.165, 1.54) is 29.2 Å². The fourth-order valence-electron chi connectivity index (χ4n) is 3.91. The number of hydrogen-bond acceptors (Lipinski definition) is 8. The summed E-state index contributed by atoms with van der Waals surface area (Å²) in [4.78, 5) is 39.9. The summed E-state index contributed by atoms with van der Waals surface area (Å²) in [6.07, 6.45) is -4.73. The largest absolute Gasteiger partial charge is 0.488 e. The number of benzene rings is 2. The lowest BCUT2D eigenvalue weighted by molar-refractivity contribution is -0.137. The molecule has 2 aromatic carbocycles. The van der Waals surface area contributed by atoms with Crippen LogP contribution in [0, 0.1) is 0 Å². The van der Waals surface area contributed by atoms with Crippen LogP contribution in [0.3, 0.4) is 0 Å². The maximum Gasteiger partial charge on any atom is 0.488 e. The first-order valence-electron chi connectivity index (χ1n) is 13.0. The maximum absolute atomic E-state index is 13.1. The molecule has 10 N–H and O–H groups in total. The second kappa shape index (κ2) is 16.1. The molecule has 11 nitrogen and oxygen atoms in total. The summed E-state index contributed by atoms with van der Waals surface area (Å²) >= 11 is 0.